The predicted octanol–water partition coefficient (Wildman–Crippen LogP) is 1.82. The zero-order chi connectivity index (χ0) is 17.9. The van der Waals surface area contributed by atoms with Crippen molar-refractivity contribution in [2.45, 2.75) is 64.1 Å². The van der Waals surface area contributed by atoms with Gasteiger partial charge in [0.05, 0.1) is 19.2 Å². The molecular formula is C19H32N2O4. The van der Waals surface area contributed by atoms with Gasteiger partial charge in [0.15, 0.2) is 0 Å². The maximum Gasteiger partial charge on any atom is 0.248 e. The Morgan fingerprint density at radius 3 is 2.56 bits per heavy atom. The van der Waals surface area contributed by atoms with E-state index in [4.69, 9.17) is 9.47 Å². The Kier molecular flexibility index (Phi) is 6.00. The number of ether oxygens (including phenoxy) is 2. The van der Waals surface area contributed by atoms with Gasteiger partial charge in [0.25, 0.3) is 0 Å². The lowest BCUT2D eigenvalue weighted by atomic mass is 9.84. The quantitative estimate of drug-likeness (QED) is 0.732. The van der Waals surface area contributed by atoms with Crippen molar-refractivity contribution in [2.75, 3.05) is 39.4 Å². The van der Waals surface area contributed by atoms with Crippen molar-refractivity contribution in [3.8, 4) is 0 Å². The van der Waals surface area contributed by atoms with Gasteiger partial charge in [-0.1, -0.05) is 13.8 Å². The first-order valence-electron chi connectivity index (χ1n) is 9.78. The van der Waals surface area contributed by atoms with Crippen LogP contribution in [0.2, 0.25) is 0 Å². The standard InChI is InChI=1S/C19H32N2O4/c1-15(2)5-6-17(22)21-13-19(14-21)11-16(7-10-25-19)24-12-18(23)20-8-3-4-9-20/h15-16H,3-14H2,1-2H3/t16-/m0/s1. The van der Waals surface area contributed by atoms with Gasteiger partial charge in [0.1, 0.15) is 12.2 Å². The van der Waals surface area contributed by atoms with Gasteiger partial charge in [-0.2, -0.15) is 0 Å². The second-order valence-corrected chi connectivity index (χ2v) is 8.23. The summed E-state index contributed by atoms with van der Waals surface area (Å²) in [6.07, 6.45) is 5.45. The number of nitrogens with zero attached hydrogens (tertiary/aromatic N) is 2. The number of carbonyl (C=O) groups is 2. The molecule has 3 rings (SSSR count). The van der Waals surface area contributed by atoms with E-state index < -0.39 is 0 Å². The summed E-state index contributed by atoms with van der Waals surface area (Å²) in [6, 6.07) is 0. The molecular weight excluding hydrogens is 320 g/mol. The first kappa shape index (κ1) is 18.6. The van der Waals surface area contributed by atoms with E-state index in [0.29, 0.717) is 32.0 Å². The summed E-state index contributed by atoms with van der Waals surface area (Å²) in [5.74, 6) is 0.892. The van der Waals surface area contributed by atoms with Crippen molar-refractivity contribution in [3.05, 3.63) is 0 Å². The lowest BCUT2D eigenvalue weighted by Crippen LogP contribution is -2.67. The van der Waals surface area contributed by atoms with E-state index in [9.17, 15) is 9.59 Å². The van der Waals surface area contributed by atoms with Crippen LogP contribution in [0.3, 0.4) is 0 Å². The Balaban J connectivity index is 1.40. The Morgan fingerprint density at radius 1 is 1.16 bits per heavy atom. The predicted molar refractivity (Wildman–Crippen MR) is 94.1 cm³/mol. The summed E-state index contributed by atoms with van der Waals surface area (Å²) in [4.78, 5) is 28.1. The monoisotopic (exact) mass is 352 g/mol. The third kappa shape index (κ3) is 4.73. The summed E-state index contributed by atoms with van der Waals surface area (Å²) >= 11 is 0. The highest BCUT2D eigenvalue weighted by molar-refractivity contribution is 5.78. The molecule has 0 aromatic carbocycles. The number of likely N-dealkylation sites (tertiary alicyclic amines) is 2. The molecule has 0 N–H and O–H groups in total. The molecule has 0 radical (unpaired) electrons. The van der Waals surface area contributed by atoms with E-state index >= 15 is 0 Å². The minimum absolute atomic E-state index is 0.0632. The Bertz CT molecular complexity index is 482. The van der Waals surface area contributed by atoms with E-state index in [1.807, 2.05) is 9.80 Å². The molecule has 3 saturated heterocycles. The smallest absolute Gasteiger partial charge is 0.248 e. The minimum atomic E-state index is -0.243. The minimum Gasteiger partial charge on any atom is -0.371 e. The maximum atomic E-state index is 12.2. The molecule has 0 aliphatic carbocycles. The average molecular weight is 352 g/mol. The molecule has 1 spiro atoms. The number of hydrogen-bond acceptors (Lipinski definition) is 4. The van der Waals surface area contributed by atoms with Crippen molar-refractivity contribution in [3.63, 3.8) is 0 Å². The maximum absolute atomic E-state index is 12.2. The lowest BCUT2D eigenvalue weighted by Gasteiger charge is -2.53. The molecule has 6 nitrogen and oxygen atoms in total. The summed E-state index contributed by atoms with van der Waals surface area (Å²) in [6.45, 7) is 8.18. The SMILES string of the molecule is CC(C)CCC(=O)N1CC2(C[C@@H](OCC(=O)N3CCCC3)CCO2)C1. The number of rotatable bonds is 6. The molecule has 3 heterocycles. The van der Waals surface area contributed by atoms with E-state index in [2.05, 4.69) is 13.8 Å². The van der Waals surface area contributed by atoms with Crippen LogP contribution in [0.25, 0.3) is 0 Å². The van der Waals surface area contributed by atoms with Crippen LogP contribution < -0.4 is 0 Å². The molecule has 0 unspecified atom stereocenters. The normalized spacial score (nSPS) is 25.5. The van der Waals surface area contributed by atoms with E-state index in [-0.39, 0.29) is 30.1 Å². The molecule has 0 bridgehead atoms. The zero-order valence-electron chi connectivity index (χ0n) is 15.7. The van der Waals surface area contributed by atoms with Crippen LogP contribution >= 0.6 is 0 Å². The molecule has 6 heteroatoms. The van der Waals surface area contributed by atoms with E-state index in [1.165, 1.54) is 0 Å². The highest BCUT2D eigenvalue weighted by atomic mass is 16.5. The molecule has 142 valence electrons. The Labute approximate surface area is 150 Å². The fourth-order valence-electron chi connectivity index (χ4n) is 3.99. The van der Waals surface area contributed by atoms with Crippen LogP contribution in [-0.2, 0) is 19.1 Å². The molecule has 3 aliphatic heterocycles. The molecule has 1 atom stereocenters. The van der Waals surface area contributed by atoms with Gasteiger partial charge >= 0.3 is 0 Å². The topological polar surface area (TPSA) is 59.1 Å². The van der Waals surface area contributed by atoms with E-state index in [1.54, 1.807) is 0 Å². The molecule has 0 saturated carbocycles. The van der Waals surface area contributed by atoms with Gasteiger partial charge in [-0.25, -0.2) is 0 Å². The second kappa shape index (κ2) is 8.04. The largest absolute Gasteiger partial charge is 0.371 e. The zero-order valence-corrected chi connectivity index (χ0v) is 15.7. The number of amides is 2. The molecule has 3 aliphatic rings. The van der Waals surface area contributed by atoms with Gasteiger partial charge in [-0.3, -0.25) is 9.59 Å². The third-order valence-electron chi connectivity index (χ3n) is 5.60. The highest BCUT2D eigenvalue weighted by Crippen LogP contribution is 2.35. The number of hydrogen-bond donors (Lipinski definition) is 0. The second-order valence-electron chi connectivity index (χ2n) is 8.23. The van der Waals surface area contributed by atoms with Crippen LogP contribution in [0.5, 0.6) is 0 Å². The van der Waals surface area contributed by atoms with Crippen LogP contribution in [0.1, 0.15) is 52.4 Å². The first-order valence-corrected chi connectivity index (χ1v) is 9.78. The summed E-state index contributed by atoms with van der Waals surface area (Å²) in [5, 5.41) is 0. The van der Waals surface area contributed by atoms with Crippen LogP contribution in [0.4, 0.5) is 0 Å². The summed E-state index contributed by atoms with van der Waals surface area (Å²) in [7, 11) is 0. The van der Waals surface area contributed by atoms with Crippen LogP contribution in [0.15, 0.2) is 0 Å². The van der Waals surface area contributed by atoms with Crippen molar-refractivity contribution >= 4 is 11.8 Å². The Hall–Kier alpha value is -1.14. The van der Waals surface area contributed by atoms with Gasteiger partial charge < -0.3 is 19.3 Å². The van der Waals surface area contributed by atoms with Gasteiger partial charge in [0.2, 0.25) is 11.8 Å². The van der Waals surface area contributed by atoms with Crippen molar-refractivity contribution in [1.29, 1.82) is 0 Å². The molecule has 3 fully saturated rings. The first-order chi connectivity index (χ1) is 12.0. The van der Waals surface area contributed by atoms with E-state index in [0.717, 1.165) is 45.2 Å². The van der Waals surface area contributed by atoms with Crippen molar-refractivity contribution in [1.82, 2.24) is 9.80 Å². The highest BCUT2D eigenvalue weighted by Gasteiger charge is 2.49. The van der Waals surface area contributed by atoms with Gasteiger partial charge in [0, 0.05) is 32.5 Å². The summed E-state index contributed by atoms with van der Waals surface area (Å²) < 4.78 is 11.9. The number of carbonyl (C=O) groups excluding carboxylic acids is 2. The molecule has 2 amide bonds. The van der Waals surface area contributed by atoms with Crippen molar-refractivity contribution in [2.24, 2.45) is 5.92 Å². The molecule has 0 aromatic rings. The average Bonchev–Trinajstić information content (AvgIpc) is 3.10. The lowest BCUT2D eigenvalue weighted by molar-refractivity contribution is -0.202. The fourth-order valence-corrected chi connectivity index (χ4v) is 3.99. The third-order valence-corrected chi connectivity index (χ3v) is 5.60. The van der Waals surface area contributed by atoms with Crippen molar-refractivity contribution < 1.29 is 19.1 Å². The van der Waals surface area contributed by atoms with Gasteiger partial charge in [-0.05, 0) is 31.6 Å². The fraction of sp³-hybridized carbons (Fsp3) is 0.895. The molecule has 25 heavy (non-hydrogen) atoms. The van der Waals surface area contributed by atoms with Gasteiger partial charge in [-0.15, -0.1) is 0 Å². The Morgan fingerprint density at radius 2 is 1.88 bits per heavy atom. The van der Waals surface area contributed by atoms with Crippen LogP contribution in [0, 0.1) is 5.92 Å². The van der Waals surface area contributed by atoms with Crippen LogP contribution in [-0.4, -0.2) is 72.7 Å². The summed E-state index contributed by atoms with van der Waals surface area (Å²) in [5.41, 5.74) is -0.243. The molecule has 0 aromatic heterocycles.